The second-order valence-corrected chi connectivity index (χ2v) is 5.67. The molecular weight excluding hydrogens is 304 g/mol. The number of hydrogen-bond acceptors (Lipinski definition) is 3. The number of benzene rings is 2. The van der Waals surface area contributed by atoms with Gasteiger partial charge in [0.15, 0.2) is 5.16 Å². The Balaban J connectivity index is 1.86. The molecule has 0 aliphatic heterocycles. The van der Waals surface area contributed by atoms with E-state index >= 15 is 0 Å². The Kier molecular flexibility index (Phi) is 4.20. The van der Waals surface area contributed by atoms with Gasteiger partial charge in [-0.1, -0.05) is 30.0 Å². The summed E-state index contributed by atoms with van der Waals surface area (Å²) in [6, 6.07) is 13.1. The van der Waals surface area contributed by atoms with Crippen LogP contribution < -0.4 is 0 Å². The third-order valence-corrected chi connectivity index (χ3v) is 4.15. The van der Waals surface area contributed by atoms with E-state index in [2.05, 4.69) is 10.2 Å². The third kappa shape index (κ3) is 3.01. The Morgan fingerprint density at radius 2 is 1.82 bits per heavy atom. The first-order chi connectivity index (χ1) is 10.6. The van der Waals surface area contributed by atoms with Crippen LogP contribution in [0.4, 0.5) is 8.78 Å². The molecule has 1 aromatic heterocycles. The highest BCUT2D eigenvalue weighted by atomic mass is 32.2. The predicted molar refractivity (Wildman–Crippen MR) is 82.0 cm³/mol. The molecule has 0 amide bonds. The Morgan fingerprint density at radius 3 is 2.59 bits per heavy atom. The molecular formula is C16H13F2N3S. The van der Waals surface area contributed by atoms with Crippen LogP contribution in [0.15, 0.2) is 53.7 Å². The van der Waals surface area contributed by atoms with Gasteiger partial charge in [0.1, 0.15) is 17.5 Å². The zero-order chi connectivity index (χ0) is 15.5. The number of para-hydroxylation sites is 1. The van der Waals surface area contributed by atoms with E-state index in [1.807, 2.05) is 41.8 Å². The average Bonchev–Trinajstić information content (AvgIpc) is 2.90. The molecule has 22 heavy (non-hydrogen) atoms. The summed E-state index contributed by atoms with van der Waals surface area (Å²) >= 11 is 1.32. The molecule has 0 radical (unpaired) electrons. The molecule has 0 unspecified atom stereocenters. The standard InChI is InChI=1S/C16H13F2N3S/c1-11-19-20-16(21(11)14-5-3-2-4-6-14)22-10-12-9-13(17)7-8-15(12)18/h2-9H,10H2,1H3. The fraction of sp³-hybridized carbons (Fsp3) is 0.125. The lowest BCUT2D eigenvalue weighted by Gasteiger charge is -2.08. The largest absolute Gasteiger partial charge is 0.274 e. The van der Waals surface area contributed by atoms with Crippen molar-refractivity contribution in [2.24, 2.45) is 0 Å². The lowest BCUT2D eigenvalue weighted by Crippen LogP contribution is -1.99. The highest BCUT2D eigenvalue weighted by molar-refractivity contribution is 7.98. The molecule has 0 bridgehead atoms. The van der Waals surface area contributed by atoms with E-state index in [9.17, 15) is 8.78 Å². The second-order valence-electron chi connectivity index (χ2n) is 4.73. The van der Waals surface area contributed by atoms with Crippen molar-refractivity contribution >= 4 is 11.8 Å². The van der Waals surface area contributed by atoms with E-state index < -0.39 is 11.6 Å². The van der Waals surface area contributed by atoms with Gasteiger partial charge in [-0.15, -0.1) is 10.2 Å². The molecule has 3 aromatic rings. The molecule has 2 aromatic carbocycles. The van der Waals surface area contributed by atoms with Gasteiger partial charge in [-0.25, -0.2) is 8.78 Å². The van der Waals surface area contributed by atoms with Crippen LogP contribution in [0.1, 0.15) is 11.4 Å². The van der Waals surface area contributed by atoms with E-state index in [1.54, 1.807) is 0 Å². The fourth-order valence-electron chi connectivity index (χ4n) is 2.11. The SMILES string of the molecule is Cc1nnc(SCc2cc(F)ccc2F)n1-c1ccccc1. The summed E-state index contributed by atoms with van der Waals surface area (Å²) in [4.78, 5) is 0. The summed E-state index contributed by atoms with van der Waals surface area (Å²) < 4.78 is 28.8. The quantitative estimate of drug-likeness (QED) is 0.677. The Bertz CT molecular complexity index is 787. The van der Waals surface area contributed by atoms with Gasteiger partial charge in [0, 0.05) is 17.0 Å². The number of aryl methyl sites for hydroxylation is 1. The van der Waals surface area contributed by atoms with Crippen LogP contribution in [0.5, 0.6) is 0 Å². The molecule has 1 heterocycles. The van der Waals surface area contributed by atoms with Gasteiger partial charge < -0.3 is 0 Å². The summed E-state index contributed by atoms with van der Waals surface area (Å²) in [5.74, 6) is 0.164. The number of rotatable bonds is 4. The minimum absolute atomic E-state index is 0.286. The third-order valence-electron chi connectivity index (χ3n) is 3.17. The number of aromatic nitrogens is 3. The summed E-state index contributed by atoms with van der Waals surface area (Å²) in [5, 5.41) is 8.83. The fourth-order valence-corrected chi connectivity index (χ4v) is 3.08. The predicted octanol–water partition coefficient (Wildman–Crippen LogP) is 4.15. The lowest BCUT2D eigenvalue weighted by molar-refractivity contribution is 0.591. The zero-order valence-electron chi connectivity index (χ0n) is 11.8. The maximum absolute atomic E-state index is 13.7. The van der Waals surface area contributed by atoms with Gasteiger partial charge in [-0.3, -0.25) is 4.57 Å². The summed E-state index contributed by atoms with van der Waals surface area (Å²) in [6.45, 7) is 1.85. The van der Waals surface area contributed by atoms with Crippen LogP contribution in [-0.2, 0) is 5.75 Å². The molecule has 3 rings (SSSR count). The van der Waals surface area contributed by atoms with E-state index in [-0.39, 0.29) is 5.75 Å². The molecule has 3 nitrogen and oxygen atoms in total. The zero-order valence-corrected chi connectivity index (χ0v) is 12.6. The number of halogens is 2. The lowest BCUT2D eigenvalue weighted by atomic mass is 10.2. The average molecular weight is 317 g/mol. The molecule has 0 N–H and O–H groups in total. The van der Waals surface area contributed by atoms with Gasteiger partial charge in [0.25, 0.3) is 0 Å². The van der Waals surface area contributed by atoms with Crippen molar-refractivity contribution in [2.75, 3.05) is 0 Å². The van der Waals surface area contributed by atoms with E-state index in [1.165, 1.54) is 17.8 Å². The van der Waals surface area contributed by atoms with E-state index in [0.717, 1.165) is 23.6 Å². The highest BCUT2D eigenvalue weighted by Crippen LogP contribution is 2.26. The molecule has 0 aliphatic rings. The molecule has 6 heteroatoms. The van der Waals surface area contributed by atoms with Crippen LogP contribution in [0.3, 0.4) is 0 Å². The minimum atomic E-state index is -0.447. The van der Waals surface area contributed by atoms with Crippen molar-refractivity contribution in [3.05, 3.63) is 71.6 Å². The van der Waals surface area contributed by atoms with Gasteiger partial charge in [0.05, 0.1) is 0 Å². The van der Waals surface area contributed by atoms with Crippen molar-refractivity contribution in [1.82, 2.24) is 14.8 Å². The second kappa shape index (κ2) is 6.27. The van der Waals surface area contributed by atoms with Gasteiger partial charge >= 0.3 is 0 Å². The first kappa shape index (κ1) is 14.7. The van der Waals surface area contributed by atoms with Crippen LogP contribution in [-0.4, -0.2) is 14.8 Å². The summed E-state index contributed by atoms with van der Waals surface area (Å²) in [5.41, 5.74) is 1.25. The van der Waals surface area contributed by atoms with E-state index in [0.29, 0.717) is 10.7 Å². The molecule has 0 saturated heterocycles. The maximum atomic E-state index is 13.7. The first-order valence-corrected chi connectivity index (χ1v) is 7.68. The van der Waals surface area contributed by atoms with Crippen molar-refractivity contribution < 1.29 is 8.78 Å². The van der Waals surface area contributed by atoms with Crippen molar-refractivity contribution in [1.29, 1.82) is 0 Å². The smallest absolute Gasteiger partial charge is 0.196 e. The van der Waals surface area contributed by atoms with Crippen LogP contribution >= 0.6 is 11.8 Å². The molecule has 0 fully saturated rings. The summed E-state index contributed by atoms with van der Waals surface area (Å²) in [7, 11) is 0. The van der Waals surface area contributed by atoms with Crippen molar-refractivity contribution in [2.45, 2.75) is 17.8 Å². The van der Waals surface area contributed by atoms with Crippen LogP contribution in [0.2, 0.25) is 0 Å². The number of hydrogen-bond donors (Lipinski definition) is 0. The van der Waals surface area contributed by atoms with Crippen molar-refractivity contribution in [3.8, 4) is 5.69 Å². The minimum Gasteiger partial charge on any atom is -0.274 e. The molecule has 0 spiro atoms. The highest BCUT2D eigenvalue weighted by Gasteiger charge is 2.13. The van der Waals surface area contributed by atoms with Crippen LogP contribution in [0, 0.1) is 18.6 Å². The number of nitrogens with zero attached hydrogens (tertiary/aromatic N) is 3. The molecule has 0 aliphatic carbocycles. The van der Waals surface area contributed by atoms with Crippen LogP contribution in [0.25, 0.3) is 5.69 Å². The maximum Gasteiger partial charge on any atom is 0.196 e. The summed E-state index contributed by atoms with van der Waals surface area (Å²) in [6.07, 6.45) is 0. The van der Waals surface area contributed by atoms with E-state index in [4.69, 9.17) is 0 Å². The topological polar surface area (TPSA) is 30.7 Å². The van der Waals surface area contributed by atoms with Gasteiger partial charge in [-0.05, 0) is 37.3 Å². The Labute approximate surface area is 131 Å². The molecule has 0 saturated carbocycles. The normalized spacial score (nSPS) is 10.9. The first-order valence-electron chi connectivity index (χ1n) is 6.69. The Morgan fingerprint density at radius 1 is 1.05 bits per heavy atom. The monoisotopic (exact) mass is 317 g/mol. The van der Waals surface area contributed by atoms with Crippen molar-refractivity contribution in [3.63, 3.8) is 0 Å². The number of thioether (sulfide) groups is 1. The molecule has 0 atom stereocenters. The molecule has 112 valence electrons. The van der Waals surface area contributed by atoms with Gasteiger partial charge in [-0.2, -0.15) is 0 Å². The Hall–Kier alpha value is -2.21. The van der Waals surface area contributed by atoms with Gasteiger partial charge in [0.2, 0.25) is 0 Å².